The summed E-state index contributed by atoms with van der Waals surface area (Å²) in [5.41, 5.74) is 1.79. The summed E-state index contributed by atoms with van der Waals surface area (Å²) in [5, 5.41) is 0.486. The van der Waals surface area contributed by atoms with E-state index in [0.717, 1.165) is 11.1 Å². The number of benzene rings is 2. The highest BCUT2D eigenvalue weighted by Gasteiger charge is 2.07. The van der Waals surface area contributed by atoms with Crippen molar-refractivity contribution in [1.82, 2.24) is 0 Å². The molecule has 0 unspecified atom stereocenters. The number of rotatable bonds is 5. The van der Waals surface area contributed by atoms with Crippen molar-refractivity contribution in [1.29, 1.82) is 0 Å². The number of carbonyl (C=O) groups is 1. The summed E-state index contributed by atoms with van der Waals surface area (Å²) in [5.74, 6) is 0.0851. The Balaban J connectivity index is 1.90. The molecule has 2 rings (SSSR count). The van der Waals surface area contributed by atoms with Crippen LogP contribution in [0.15, 0.2) is 42.5 Å². The van der Waals surface area contributed by atoms with Gasteiger partial charge in [0.25, 0.3) is 0 Å². The Labute approximate surface area is 122 Å². The summed E-state index contributed by atoms with van der Waals surface area (Å²) in [4.78, 5) is 11.8. The molecule has 104 valence electrons. The first-order chi connectivity index (χ1) is 9.54. The lowest BCUT2D eigenvalue weighted by Gasteiger charge is -2.08. The number of carbonyl (C=O) groups excluding carboxylic acids is 1. The molecule has 4 heteroatoms. The van der Waals surface area contributed by atoms with Gasteiger partial charge in [0, 0.05) is 6.42 Å². The molecule has 0 bridgehead atoms. The highest BCUT2D eigenvalue weighted by molar-refractivity contribution is 6.32. The zero-order chi connectivity index (χ0) is 14.5. The quantitative estimate of drug-likeness (QED) is 0.833. The van der Waals surface area contributed by atoms with Crippen molar-refractivity contribution < 1.29 is 13.9 Å². The number of ketones is 1. The van der Waals surface area contributed by atoms with E-state index in [4.69, 9.17) is 16.3 Å². The largest absolute Gasteiger partial charge is 0.484 e. The molecule has 0 spiro atoms. The van der Waals surface area contributed by atoms with E-state index in [1.165, 1.54) is 12.1 Å². The molecule has 0 radical (unpaired) electrons. The van der Waals surface area contributed by atoms with Gasteiger partial charge in [-0.3, -0.25) is 4.79 Å². The maximum atomic E-state index is 12.7. The van der Waals surface area contributed by atoms with Crippen LogP contribution in [0.2, 0.25) is 5.02 Å². The molecule has 0 fully saturated rings. The molecule has 0 heterocycles. The van der Waals surface area contributed by atoms with Gasteiger partial charge in [0.15, 0.2) is 5.78 Å². The summed E-state index contributed by atoms with van der Waals surface area (Å²) in [7, 11) is 0. The van der Waals surface area contributed by atoms with Crippen LogP contribution in [0.3, 0.4) is 0 Å². The summed E-state index contributed by atoms with van der Waals surface area (Å²) < 4.78 is 18.1. The average molecular weight is 293 g/mol. The maximum absolute atomic E-state index is 12.7. The molecular weight excluding hydrogens is 279 g/mol. The lowest BCUT2D eigenvalue weighted by Crippen LogP contribution is -2.14. The fourth-order valence-corrected chi connectivity index (χ4v) is 2.05. The van der Waals surface area contributed by atoms with E-state index in [1.807, 2.05) is 13.0 Å². The van der Waals surface area contributed by atoms with Crippen molar-refractivity contribution in [2.75, 3.05) is 6.61 Å². The van der Waals surface area contributed by atoms with Gasteiger partial charge >= 0.3 is 0 Å². The minimum atomic E-state index is -0.316. The molecule has 0 atom stereocenters. The van der Waals surface area contributed by atoms with E-state index in [1.54, 1.807) is 24.3 Å². The zero-order valence-electron chi connectivity index (χ0n) is 11.0. The molecule has 0 aliphatic rings. The van der Waals surface area contributed by atoms with Gasteiger partial charge in [-0.25, -0.2) is 4.39 Å². The van der Waals surface area contributed by atoms with Crippen molar-refractivity contribution in [3.63, 3.8) is 0 Å². The first-order valence-electron chi connectivity index (χ1n) is 6.19. The number of aryl methyl sites for hydroxylation is 1. The third kappa shape index (κ3) is 4.07. The molecule has 2 aromatic carbocycles. The standard InChI is InChI=1S/C16H14ClFO2/c1-11-2-7-16(15(17)8-11)20-10-14(19)9-12-3-5-13(18)6-4-12/h2-8H,9-10H2,1H3. The minimum absolute atomic E-state index is 0.0554. The maximum Gasteiger partial charge on any atom is 0.174 e. The van der Waals surface area contributed by atoms with Crippen molar-refractivity contribution in [3.05, 3.63) is 64.4 Å². The van der Waals surface area contributed by atoms with Crippen LogP contribution in [0, 0.1) is 12.7 Å². The molecule has 0 saturated heterocycles. The van der Waals surface area contributed by atoms with Gasteiger partial charge in [-0.1, -0.05) is 29.8 Å². The molecule has 0 aliphatic carbocycles. The third-order valence-corrected chi connectivity index (χ3v) is 3.09. The van der Waals surface area contributed by atoms with Gasteiger partial charge in [0.05, 0.1) is 5.02 Å². The van der Waals surface area contributed by atoms with Gasteiger partial charge in [0.2, 0.25) is 0 Å². The van der Waals surface area contributed by atoms with Crippen LogP contribution in [0.4, 0.5) is 4.39 Å². The molecule has 0 saturated carbocycles. The summed E-state index contributed by atoms with van der Waals surface area (Å²) in [6.45, 7) is 1.87. The van der Waals surface area contributed by atoms with Crippen LogP contribution in [0.5, 0.6) is 5.75 Å². The van der Waals surface area contributed by atoms with Crippen molar-refractivity contribution in [3.8, 4) is 5.75 Å². The second-order valence-electron chi connectivity index (χ2n) is 4.56. The lowest BCUT2D eigenvalue weighted by molar-refractivity contribution is -0.120. The van der Waals surface area contributed by atoms with Crippen LogP contribution in [-0.4, -0.2) is 12.4 Å². The molecule has 0 N–H and O–H groups in total. The molecule has 20 heavy (non-hydrogen) atoms. The van der Waals surface area contributed by atoms with E-state index in [-0.39, 0.29) is 24.6 Å². The zero-order valence-corrected chi connectivity index (χ0v) is 11.8. The normalized spacial score (nSPS) is 10.3. The Morgan fingerprint density at radius 3 is 2.55 bits per heavy atom. The number of ether oxygens (including phenoxy) is 1. The van der Waals surface area contributed by atoms with E-state index in [0.29, 0.717) is 10.8 Å². The van der Waals surface area contributed by atoms with Gasteiger partial charge in [-0.15, -0.1) is 0 Å². The predicted molar refractivity (Wildman–Crippen MR) is 76.8 cm³/mol. The van der Waals surface area contributed by atoms with Gasteiger partial charge in [0.1, 0.15) is 18.2 Å². The number of halogens is 2. The van der Waals surface area contributed by atoms with Crippen LogP contribution < -0.4 is 4.74 Å². The first kappa shape index (κ1) is 14.5. The molecule has 0 aliphatic heterocycles. The first-order valence-corrected chi connectivity index (χ1v) is 6.57. The van der Waals surface area contributed by atoms with Crippen LogP contribution in [-0.2, 0) is 11.2 Å². The molecule has 2 nitrogen and oxygen atoms in total. The smallest absolute Gasteiger partial charge is 0.174 e. The van der Waals surface area contributed by atoms with Crippen molar-refractivity contribution >= 4 is 17.4 Å². The Morgan fingerprint density at radius 1 is 1.20 bits per heavy atom. The van der Waals surface area contributed by atoms with Crippen LogP contribution in [0.1, 0.15) is 11.1 Å². The fraction of sp³-hybridized carbons (Fsp3) is 0.188. The van der Waals surface area contributed by atoms with Crippen LogP contribution >= 0.6 is 11.6 Å². The number of Topliss-reactive ketones (excluding diaryl/α,β-unsaturated/α-hetero) is 1. The Hall–Kier alpha value is -1.87. The molecular formula is C16H14ClFO2. The average Bonchev–Trinajstić information content (AvgIpc) is 2.40. The highest BCUT2D eigenvalue weighted by Crippen LogP contribution is 2.25. The second-order valence-corrected chi connectivity index (χ2v) is 4.97. The van der Waals surface area contributed by atoms with Gasteiger partial charge in [-0.05, 0) is 42.3 Å². The van der Waals surface area contributed by atoms with Gasteiger partial charge in [-0.2, -0.15) is 0 Å². The monoisotopic (exact) mass is 292 g/mol. The fourth-order valence-electron chi connectivity index (χ4n) is 1.76. The van der Waals surface area contributed by atoms with E-state index in [2.05, 4.69) is 0 Å². The molecule has 0 aromatic heterocycles. The Kier molecular flexibility index (Phi) is 4.74. The third-order valence-electron chi connectivity index (χ3n) is 2.79. The van der Waals surface area contributed by atoms with Crippen molar-refractivity contribution in [2.24, 2.45) is 0 Å². The predicted octanol–water partition coefficient (Wildman–Crippen LogP) is 3.98. The van der Waals surface area contributed by atoms with Crippen LogP contribution in [0.25, 0.3) is 0 Å². The molecule has 2 aromatic rings. The van der Waals surface area contributed by atoms with E-state index in [9.17, 15) is 9.18 Å². The SMILES string of the molecule is Cc1ccc(OCC(=O)Cc2ccc(F)cc2)c(Cl)c1. The summed E-state index contributed by atoms with van der Waals surface area (Å²) in [6, 6.07) is 11.2. The Morgan fingerprint density at radius 2 is 1.90 bits per heavy atom. The minimum Gasteiger partial charge on any atom is -0.484 e. The number of hydrogen-bond donors (Lipinski definition) is 0. The Bertz CT molecular complexity index is 608. The summed E-state index contributed by atoms with van der Waals surface area (Å²) in [6.07, 6.45) is 0.212. The van der Waals surface area contributed by atoms with E-state index >= 15 is 0 Å². The topological polar surface area (TPSA) is 26.3 Å². The summed E-state index contributed by atoms with van der Waals surface area (Å²) >= 11 is 6.01. The van der Waals surface area contributed by atoms with Crippen molar-refractivity contribution in [2.45, 2.75) is 13.3 Å². The second kappa shape index (κ2) is 6.53. The number of hydrogen-bond acceptors (Lipinski definition) is 2. The van der Waals surface area contributed by atoms with E-state index < -0.39 is 0 Å². The highest BCUT2D eigenvalue weighted by atomic mass is 35.5. The lowest BCUT2D eigenvalue weighted by atomic mass is 10.1. The van der Waals surface area contributed by atoms with Gasteiger partial charge < -0.3 is 4.74 Å². The molecule has 0 amide bonds.